The second-order valence-corrected chi connectivity index (χ2v) is 7.19. The number of hydrogen-bond acceptors (Lipinski definition) is 6. The van der Waals surface area contributed by atoms with Crippen molar-refractivity contribution in [2.75, 3.05) is 13.7 Å². The van der Waals surface area contributed by atoms with Crippen molar-refractivity contribution in [2.45, 2.75) is 46.6 Å². The van der Waals surface area contributed by atoms with E-state index in [1.165, 1.54) is 12.1 Å². The van der Waals surface area contributed by atoms with Crippen LogP contribution in [0.15, 0.2) is 24.3 Å². The van der Waals surface area contributed by atoms with Crippen LogP contribution >= 0.6 is 0 Å². The number of hydrazine groups is 1. The van der Waals surface area contributed by atoms with Gasteiger partial charge in [0.2, 0.25) is 0 Å². The van der Waals surface area contributed by atoms with Gasteiger partial charge >= 0.3 is 18.0 Å². The molecule has 1 N–H and O–H groups in total. The number of nitrogens with zero attached hydrogens (tertiary/aromatic N) is 1. The first-order chi connectivity index (χ1) is 12.1. The monoisotopic (exact) mass is 364 g/mol. The minimum Gasteiger partial charge on any atom is -0.465 e. The average molecular weight is 364 g/mol. The molecule has 0 aromatic heterocycles. The van der Waals surface area contributed by atoms with Crippen molar-refractivity contribution in [1.29, 1.82) is 0 Å². The Balaban J connectivity index is 2.66. The zero-order chi connectivity index (χ0) is 19.9. The predicted molar refractivity (Wildman–Crippen MR) is 97.4 cm³/mol. The van der Waals surface area contributed by atoms with Crippen LogP contribution in [0.3, 0.4) is 0 Å². The highest BCUT2D eigenvalue weighted by Gasteiger charge is 2.30. The Labute approximate surface area is 154 Å². The fourth-order valence-electron chi connectivity index (χ4n) is 2.06. The molecule has 1 amide bonds. The van der Waals surface area contributed by atoms with Gasteiger partial charge in [0, 0.05) is 6.54 Å². The minimum absolute atomic E-state index is 0.380. The van der Waals surface area contributed by atoms with Crippen LogP contribution in [0.5, 0.6) is 0 Å². The molecular weight excluding hydrogens is 336 g/mol. The number of carbonyl (C=O) groups excluding carboxylic acids is 3. The molecule has 144 valence electrons. The molecule has 0 saturated carbocycles. The van der Waals surface area contributed by atoms with Crippen molar-refractivity contribution in [2.24, 2.45) is 5.92 Å². The molecule has 7 nitrogen and oxygen atoms in total. The number of carbonyl (C=O) groups is 3. The first-order valence-electron chi connectivity index (χ1n) is 8.53. The normalized spacial score (nSPS) is 11.2. The van der Waals surface area contributed by atoms with Crippen molar-refractivity contribution in [3.05, 3.63) is 35.4 Å². The highest BCUT2D eigenvalue weighted by molar-refractivity contribution is 5.89. The SMILES string of the molecule is COC(=O)c1ccc(CCNN(C(=O)OC(=O)C(C)C)C(C)(C)C)cc1. The Morgan fingerprint density at radius 3 is 2.15 bits per heavy atom. The van der Waals surface area contributed by atoms with Gasteiger partial charge in [0.05, 0.1) is 24.1 Å². The second kappa shape index (κ2) is 9.33. The van der Waals surface area contributed by atoms with Gasteiger partial charge in [-0.3, -0.25) is 4.79 Å². The van der Waals surface area contributed by atoms with Crippen LogP contribution in [0.25, 0.3) is 0 Å². The molecule has 1 aromatic carbocycles. The Morgan fingerprint density at radius 1 is 1.12 bits per heavy atom. The number of hydrogen-bond donors (Lipinski definition) is 1. The molecule has 0 aliphatic carbocycles. The summed E-state index contributed by atoms with van der Waals surface area (Å²) in [6.07, 6.45) is -0.100. The molecule has 1 rings (SSSR count). The van der Waals surface area contributed by atoms with Gasteiger partial charge in [-0.15, -0.1) is 0 Å². The molecule has 0 spiro atoms. The summed E-state index contributed by atoms with van der Waals surface area (Å²) in [5.74, 6) is -1.33. The van der Waals surface area contributed by atoms with E-state index in [4.69, 9.17) is 4.74 Å². The molecule has 0 radical (unpaired) electrons. The molecule has 0 saturated heterocycles. The van der Waals surface area contributed by atoms with Gasteiger partial charge in [0.1, 0.15) is 0 Å². The molecule has 26 heavy (non-hydrogen) atoms. The molecule has 0 aliphatic rings. The Bertz CT molecular complexity index is 632. The van der Waals surface area contributed by atoms with Gasteiger partial charge in [-0.2, -0.15) is 0 Å². The third-order valence-electron chi connectivity index (χ3n) is 3.57. The standard InChI is InChI=1S/C19H28N2O5/c1-13(2)16(22)26-18(24)21(19(3,4)5)20-12-11-14-7-9-15(10-8-14)17(23)25-6/h7-10,13,20H,11-12H2,1-6H3. The van der Waals surface area contributed by atoms with E-state index in [0.29, 0.717) is 18.5 Å². The molecule has 0 unspecified atom stereocenters. The summed E-state index contributed by atoms with van der Waals surface area (Å²) >= 11 is 0. The lowest BCUT2D eigenvalue weighted by molar-refractivity contribution is -0.142. The quantitative estimate of drug-likeness (QED) is 0.475. The molecule has 7 heteroatoms. The number of rotatable bonds is 6. The van der Waals surface area contributed by atoms with Gasteiger partial charge in [0.15, 0.2) is 0 Å². The molecule has 0 bridgehead atoms. The van der Waals surface area contributed by atoms with E-state index in [-0.39, 0.29) is 11.9 Å². The van der Waals surface area contributed by atoms with Crippen molar-refractivity contribution in [1.82, 2.24) is 10.4 Å². The van der Waals surface area contributed by atoms with Crippen LogP contribution in [-0.2, 0) is 20.7 Å². The lowest BCUT2D eigenvalue weighted by atomic mass is 10.1. The summed E-state index contributed by atoms with van der Waals surface area (Å²) in [6, 6.07) is 7.04. The maximum Gasteiger partial charge on any atom is 0.432 e. The molecule has 0 heterocycles. The maximum absolute atomic E-state index is 12.3. The van der Waals surface area contributed by atoms with Crippen molar-refractivity contribution < 1.29 is 23.9 Å². The fraction of sp³-hybridized carbons (Fsp3) is 0.526. The van der Waals surface area contributed by atoms with Crippen molar-refractivity contribution >= 4 is 18.0 Å². The number of ether oxygens (including phenoxy) is 2. The summed E-state index contributed by atoms with van der Waals surface area (Å²) in [4.78, 5) is 35.4. The van der Waals surface area contributed by atoms with Gasteiger partial charge < -0.3 is 9.47 Å². The van der Waals surface area contributed by atoms with E-state index >= 15 is 0 Å². The lowest BCUT2D eigenvalue weighted by Gasteiger charge is -2.34. The summed E-state index contributed by atoms with van der Waals surface area (Å²) in [6.45, 7) is 9.31. The summed E-state index contributed by atoms with van der Waals surface area (Å²) in [5, 5.41) is 1.32. The minimum atomic E-state index is -0.725. The Hall–Kier alpha value is -2.41. The van der Waals surface area contributed by atoms with Crippen LogP contribution in [0.4, 0.5) is 4.79 Å². The largest absolute Gasteiger partial charge is 0.465 e. The highest BCUT2D eigenvalue weighted by Crippen LogP contribution is 2.13. The predicted octanol–water partition coefficient (Wildman–Crippen LogP) is 2.94. The van der Waals surface area contributed by atoms with Crippen molar-refractivity contribution in [3.8, 4) is 0 Å². The van der Waals surface area contributed by atoms with E-state index in [1.807, 2.05) is 32.9 Å². The first kappa shape index (κ1) is 21.6. The smallest absolute Gasteiger partial charge is 0.432 e. The number of esters is 2. The Kier molecular flexibility index (Phi) is 7.76. The molecule has 0 atom stereocenters. The van der Waals surface area contributed by atoms with Crippen LogP contribution in [0.2, 0.25) is 0 Å². The number of nitrogens with one attached hydrogen (secondary N) is 1. The summed E-state index contributed by atoms with van der Waals surface area (Å²) in [7, 11) is 1.34. The number of methoxy groups -OCH3 is 1. The van der Waals surface area contributed by atoms with E-state index in [2.05, 4.69) is 10.2 Å². The van der Waals surface area contributed by atoms with E-state index < -0.39 is 17.6 Å². The second-order valence-electron chi connectivity index (χ2n) is 7.19. The number of amides is 1. The summed E-state index contributed by atoms with van der Waals surface area (Å²) in [5.41, 5.74) is 3.92. The van der Waals surface area contributed by atoms with E-state index in [9.17, 15) is 14.4 Å². The van der Waals surface area contributed by atoms with Crippen LogP contribution in [0.1, 0.15) is 50.5 Å². The molecule has 1 aromatic rings. The van der Waals surface area contributed by atoms with Crippen molar-refractivity contribution in [3.63, 3.8) is 0 Å². The Morgan fingerprint density at radius 2 is 1.69 bits per heavy atom. The third kappa shape index (κ3) is 6.48. The maximum atomic E-state index is 12.3. The lowest BCUT2D eigenvalue weighted by Crippen LogP contribution is -2.55. The van der Waals surface area contributed by atoms with Gasteiger partial charge in [-0.25, -0.2) is 20.0 Å². The van der Waals surface area contributed by atoms with Crippen LogP contribution < -0.4 is 5.43 Å². The number of benzene rings is 1. The zero-order valence-electron chi connectivity index (χ0n) is 16.3. The van der Waals surface area contributed by atoms with Gasteiger partial charge in [-0.05, 0) is 44.9 Å². The van der Waals surface area contributed by atoms with E-state index in [0.717, 1.165) is 5.56 Å². The first-order valence-corrected chi connectivity index (χ1v) is 8.53. The van der Waals surface area contributed by atoms with E-state index in [1.54, 1.807) is 26.0 Å². The average Bonchev–Trinajstić information content (AvgIpc) is 2.57. The molecular formula is C19H28N2O5. The summed E-state index contributed by atoms with van der Waals surface area (Å²) < 4.78 is 9.56. The molecule has 0 aliphatic heterocycles. The van der Waals surface area contributed by atoms with Crippen LogP contribution in [-0.4, -0.2) is 42.2 Å². The molecule has 0 fully saturated rings. The van der Waals surface area contributed by atoms with Gasteiger partial charge in [0.25, 0.3) is 0 Å². The fourth-order valence-corrected chi connectivity index (χ4v) is 2.06. The van der Waals surface area contributed by atoms with Crippen LogP contribution in [0, 0.1) is 5.92 Å². The highest BCUT2D eigenvalue weighted by atomic mass is 16.6. The van der Waals surface area contributed by atoms with Gasteiger partial charge in [-0.1, -0.05) is 26.0 Å². The zero-order valence-corrected chi connectivity index (χ0v) is 16.3. The topological polar surface area (TPSA) is 84.9 Å². The third-order valence-corrected chi connectivity index (χ3v) is 3.57.